The van der Waals surface area contributed by atoms with E-state index in [1.165, 1.54) is 70.9 Å². The van der Waals surface area contributed by atoms with Crippen LogP contribution < -0.4 is 0 Å². The minimum atomic E-state index is 0.404. The highest BCUT2D eigenvalue weighted by Crippen LogP contribution is 2.51. The van der Waals surface area contributed by atoms with E-state index in [-0.39, 0.29) is 0 Å². The molecule has 3 fully saturated rings. The second kappa shape index (κ2) is 6.58. The van der Waals surface area contributed by atoms with Crippen LogP contribution in [0.5, 0.6) is 0 Å². The summed E-state index contributed by atoms with van der Waals surface area (Å²) in [4.78, 5) is 2.83. The summed E-state index contributed by atoms with van der Waals surface area (Å²) in [7, 11) is 0. The molecule has 0 N–H and O–H groups in total. The molecule has 0 radical (unpaired) electrons. The van der Waals surface area contributed by atoms with Crippen molar-refractivity contribution >= 4 is 0 Å². The summed E-state index contributed by atoms with van der Waals surface area (Å²) in [5.74, 6) is 1.03. The fraction of sp³-hybridized carbons (Fsp3) is 1.00. The maximum Gasteiger partial charge on any atom is 0.0589 e. The third-order valence-corrected chi connectivity index (χ3v) is 6.55. The van der Waals surface area contributed by atoms with E-state index < -0.39 is 0 Å². The molecule has 3 rings (SSSR count). The molecule has 2 nitrogen and oxygen atoms in total. The van der Waals surface area contributed by atoms with Gasteiger partial charge < -0.3 is 9.64 Å². The van der Waals surface area contributed by atoms with E-state index in [0.717, 1.165) is 12.0 Å². The van der Waals surface area contributed by atoms with Gasteiger partial charge in [-0.05, 0) is 89.6 Å². The highest BCUT2D eigenvalue weighted by Gasteiger charge is 2.47. The molecule has 0 atom stereocenters. The number of likely N-dealkylation sites (tertiary alicyclic amines) is 1. The predicted octanol–water partition coefficient (Wildman–Crippen LogP) is 4.62. The van der Waals surface area contributed by atoms with Gasteiger partial charge in [-0.25, -0.2) is 0 Å². The van der Waals surface area contributed by atoms with Crippen molar-refractivity contribution in [1.82, 2.24) is 4.90 Å². The predicted molar refractivity (Wildman–Crippen MR) is 88.5 cm³/mol. The fourth-order valence-corrected chi connectivity index (χ4v) is 5.08. The topological polar surface area (TPSA) is 12.5 Å². The maximum absolute atomic E-state index is 5.97. The lowest BCUT2D eigenvalue weighted by Gasteiger charge is -2.53. The van der Waals surface area contributed by atoms with E-state index in [0.29, 0.717) is 17.6 Å². The van der Waals surface area contributed by atoms with Gasteiger partial charge in [-0.15, -0.1) is 0 Å². The van der Waals surface area contributed by atoms with Gasteiger partial charge in [0.05, 0.1) is 12.2 Å². The van der Waals surface area contributed by atoms with Gasteiger partial charge in [-0.1, -0.05) is 13.3 Å². The molecular formula is C19H35NO. The largest absolute Gasteiger partial charge is 0.376 e. The molecular weight excluding hydrogens is 258 g/mol. The first kappa shape index (κ1) is 15.8. The summed E-state index contributed by atoms with van der Waals surface area (Å²) in [6.45, 7) is 9.41. The fourth-order valence-electron chi connectivity index (χ4n) is 5.08. The van der Waals surface area contributed by atoms with Crippen LogP contribution in [0.2, 0.25) is 0 Å². The third-order valence-electron chi connectivity index (χ3n) is 6.55. The number of nitrogens with zero attached hydrogens (tertiary/aromatic N) is 1. The van der Waals surface area contributed by atoms with Crippen molar-refractivity contribution in [2.45, 2.75) is 96.8 Å². The first-order valence-electron chi connectivity index (χ1n) is 9.50. The number of piperidine rings is 1. The second-order valence-corrected chi connectivity index (χ2v) is 8.33. The van der Waals surface area contributed by atoms with Crippen LogP contribution in [0.15, 0.2) is 0 Å². The smallest absolute Gasteiger partial charge is 0.0589 e. The minimum absolute atomic E-state index is 0.404. The molecule has 1 saturated heterocycles. The molecule has 2 heteroatoms. The molecule has 0 amide bonds. The Kier molecular flexibility index (Phi) is 4.95. The molecule has 2 saturated carbocycles. The second-order valence-electron chi connectivity index (χ2n) is 8.33. The van der Waals surface area contributed by atoms with Gasteiger partial charge in [0, 0.05) is 6.04 Å². The van der Waals surface area contributed by atoms with Gasteiger partial charge in [0.25, 0.3) is 0 Å². The monoisotopic (exact) mass is 293 g/mol. The number of hydrogen-bond acceptors (Lipinski definition) is 2. The van der Waals surface area contributed by atoms with Gasteiger partial charge in [0.1, 0.15) is 0 Å². The van der Waals surface area contributed by atoms with E-state index in [2.05, 4.69) is 25.7 Å². The van der Waals surface area contributed by atoms with Crippen LogP contribution >= 0.6 is 0 Å². The van der Waals surface area contributed by atoms with E-state index in [1.807, 2.05) is 0 Å². The van der Waals surface area contributed by atoms with Crippen LogP contribution in [0, 0.1) is 11.3 Å². The molecule has 3 aliphatic rings. The molecule has 0 aromatic rings. The van der Waals surface area contributed by atoms with E-state index in [4.69, 9.17) is 4.74 Å². The van der Waals surface area contributed by atoms with Crippen LogP contribution in [-0.2, 0) is 4.74 Å². The average molecular weight is 293 g/mol. The Hall–Kier alpha value is -0.0800. The number of rotatable bonds is 4. The lowest BCUT2D eigenvalue weighted by molar-refractivity contribution is -0.126. The Morgan fingerprint density at radius 2 is 1.67 bits per heavy atom. The van der Waals surface area contributed by atoms with Crippen LogP contribution in [0.3, 0.4) is 0 Å². The number of ether oxygens (including phenoxy) is 1. The Balaban J connectivity index is 1.40. The zero-order valence-corrected chi connectivity index (χ0v) is 14.4. The van der Waals surface area contributed by atoms with Gasteiger partial charge in [0.15, 0.2) is 0 Å². The van der Waals surface area contributed by atoms with Crippen LogP contribution in [-0.4, -0.2) is 36.2 Å². The average Bonchev–Trinajstić information content (AvgIpc) is 2.46. The molecule has 21 heavy (non-hydrogen) atoms. The van der Waals surface area contributed by atoms with Gasteiger partial charge in [0.2, 0.25) is 0 Å². The van der Waals surface area contributed by atoms with Gasteiger partial charge in [-0.2, -0.15) is 0 Å². The summed E-state index contributed by atoms with van der Waals surface area (Å²) < 4.78 is 5.97. The Morgan fingerprint density at radius 1 is 1.05 bits per heavy atom. The van der Waals surface area contributed by atoms with Crippen LogP contribution in [0.4, 0.5) is 0 Å². The SMILES string of the molecule is CCC1CCC(N2CCC3(CC2)CC(OC(C)C)C3)CC1. The molecule has 0 unspecified atom stereocenters. The highest BCUT2D eigenvalue weighted by atomic mass is 16.5. The molecule has 1 heterocycles. The van der Waals surface area contributed by atoms with E-state index in [9.17, 15) is 0 Å². The summed E-state index contributed by atoms with van der Waals surface area (Å²) >= 11 is 0. The molecule has 2 aliphatic carbocycles. The van der Waals surface area contributed by atoms with Crippen molar-refractivity contribution in [3.8, 4) is 0 Å². The Labute approximate surface area is 131 Å². The van der Waals surface area contributed by atoms with Crippen molar-refractivity contribution in [2.75, 3.05) is 13.1 Å². The van der Waals surface area contributed by atoms with Crippen molar-refractivity contribution in [3.63, 3.8) is 0 Å². The molecule has 0 aromatic heterocycles. The van der Waals surface area contributed by atoms with Gasteiger partial charge >= 0.3 is 0 Å². The Morgan fingerprint density at radius 3 is 2.19 bits per heavy atom. The normalized spacial score (nSPS) is 34.3. The molecule has 0 aromatic carbocycles. The first-order chi connectivity index (χ1) is 10.1. The molecule has 0 bridgehead atoms. The van der Waals surface area contributed by atoms with Crippen LogP contribution in [0.25, 0.3) is 0 Å². The zero-order valence-electron chi connectivity index (χ0n) is 14.4. The minimum Gasteiger partial charge on any atom is -0.376 e. The quantitative estimate of drug-likeness (QED) is 0.749. The van der Waals surface area contributed by atoms with Crippen molar-refractivity contribution in [2.24, 2.45) is 11.3 Å². The van der Waals surface area contributed by atoms with Crippen LogP contribution in [0.1, 0.15) is 78.6 Å². The van der Waals surface area contributed by atoms with E-state index in [1.54, 1.807) is 0 Å². The molecule has 1 aliphatic heterocycles. The molecule has 122 valence electrons. The summed E-state index contributed by atoms with van der Waals surface area (Å²) in [5, 5.41) is 0. The summed E-state index contributed by atoms with van der Waals surface area (Å²) in [6.07, 6.45) is 13.8. The maximum atomic E-state index is 5.97. The standard InChI is InChI=1S/C19H35NO/c1-4-16-5-7-17(8-6-16)20-11-9-19(10-12-20)13-18(14-19)21-15(2)3/h15-18H,4-14H2,1-3H3. The lowest BCUT2D eigenvalue weighted by Crippen LogP contribution is -2.52. The lowest BCUT2D eigenvalue weighted by atomic mass is 9.61. The van der Waals surface area contributed by atoms with Crippen molar-refractivity contribution < 1.29 is 4.74 Å². The molecule has 1 spiro atoms. The summed E-state index contributed by atoms with van der Waals surface area (Å²) in [5.41, 5.74) is 0.663. The zero-order chi connectivity index (χ0) is 14.9. The van der Waals surface area contributed by atoms with Crippen molar-refractivity contribution in [1.29, 1.82) is 0 Å². The summed E-state index contributed by atoms with van der Waals surface area (Å²) in [6, 6.07) is 0.910. The first-order valence-corrected chi connectivity index (χ1v) is 9.50. The van der Waals surface area contributed by atoms with Gasteiger partial charge in [-0.3, -0.25) is 0 Å². The Bertz CT molecular complexity index is 316. The van der Waals surface area contributed by atoms with E-state index >= 15 is 0 Å². The third kappa shape index (κ3) is 3.64. The number of hydrogen-bond donors (Lipinski definition) is 0. The highest BCUT2D eigenvalue weighted by molar-refractivity contribution is 4.99. The van der Waals surface area contributed by atoms with Crippen molar-refractivity contribution in [3.05, 3.63) is 0 Å².